The van der Waals surface area contributed by atoms with Crippen molar-refractivity contribution in [3.05, 3.63) is 96.9 Å². The quantitative estimate of drug-likeness (QED) is 0.212. The maximum absolute atomic E-state index is 12.5. The summed E-state index contributed by atoms with van der Waals surface area (Å²) >= 11 is 1.33. The van der Waals surface area contributed by atoms with Gasteiger partial charge in [-0.1, -0.05) is 36.9 Å². The van der Waals surface area contributed by atoms with Gasteiger partial charge in [0.1, 0.15) is 0 Å². The van der Waals surface area contributed by atoms with Crippen LogP contribution in [0.5, 0.6) is 17.2 Å². The smallest absolute Gasteiger partial charge is 0.318 e. The number of methoxy groups -OCH3 is 1. The number of nitro benzene ring substituents is 2. The minimum atomic E-state index is -0.758. The van der Waals surface area contributed by atoms with Gasteiger partial charge in [0.2, 0.25) is 5.75 Å². The number of hydrogen-bond acceptors (Lipinski definition) is 9. The molecule has 0 radical (unpaired) electrons. The third-order valence-corrected chi connectivity index (χ3v) is 6.47. The summed E-state index contributed by atoms with van der Waals surface area (Å²) in [6, 6.07) is 15.9. The number of ether oxygens (including phenoxy) is 2. The minimum absolute atomic E-state index is 0.167. The molecular weight excluding hydrogens is 500 g/mol. The van der Waals surface area contributed by atoms with Crippen molar-refractivity contribution in [2.45, 2.75) is 18.8 Å². The normalized spacial score (nSPS) is 15.8. The number of nitrogens with one attached hydrogen (secondary N) is 2. The van der Waals surface area contributed by atoms with Crippen LogP contribution in [-0.4, -0.2) is 28.4 Å². The van der Waals surface area contributed by atoms with Gasteiger partial charge in [0.25, 0.3) is 11.6 Å². The van der Waals surface area contributed by atoms with Crippen molar-refractivity contribution in [2.24, 2.45) is 0 Å². The average Bonchev–Trinajstić information content (AvgIpc) is 3.23. The van der Waals surface area contributed by atoms with Gasteiger partial charge in [-0.25, -0.2) is 0 Å². The summed E-state index contributed by atoms with van der Waals surface area (Å²) < 4.78 is 11.0. The third-order valence-electron chi connectivity index (χ3n) is 5.45. The second-order valence-corrected chi connectivity index (χ2v) is 9.00. The van der Waals surface area contributed by atoms with E-state index < -0.39 is 21.2 Å². The zero-order valence-electron chi connectivity index (χ0n) is 19.8. The number of hydrogen-bond donors (Lipinski definition) is 2. The van der Waals surface area contributed by atoms with Crippen molar-refractivity contribution in [2.75, 3.05) is 12.4 Å². The molecule has 3 aromatic carbocycles. The predicted molar refractivity (Wildman–Crippen MR) is 140 cm³/mol. The molecule has 3 aromatic rings. The van der Waals surface area contributed by atoms with Gasteiger partial charge >= 0.3 is 5.69 Å². The second kappa shape index (κ2) is 11.0. The first-order valence-electron chi connectivity index (χ1n) is 11.1. The van der Waals surface area contributed by atoms with E-state index in [1.54, 1.807) is 24.3 Å². The molecule has 1 saturated heterocycles. The van der Waals surface area contributed by atoms with Gasteiger partial charge in [0.15, 0.2) is 17.0 Å². The number of nitro groups is 2. The van der Waals surface area contributed by atoms with Crippen molar-refractivity contribution in [3.63, 3.8) is 0 Å². The number of amides is 1. The Morgan fingerprint density at radius 2 is 1.73 bits per heavy atom. The fourth-order valence-corrected chi connectivity index (χ4v) is 4.51. The fourth-order valence-electron chi connectivity index (χ4n) is 3.53. The molecule has 0 aromatic heterocycles. The highest BCUT2D eigenvalue weighted by molar-refractivity contribution is 8.05. The molecule has 1 fully saturated rings. The summed E-state index contributed by atoms with van der Waals surface area (Å²) in [6.45, 7) is 2.08. The molecule has 0 unspecified atom stereocenters. The van der Waals surface area contributed by atoms with Gasteiger partial charge in [-0.2, -0.15) is 0 Å². The van der Waals surface area contributed by atoms with E-state index in [0.717, 1.165) is 30.3 Å². The Hall–Kier alpha value is -4.58. The standard InChI is InChI=1S/C25H22N4O7S/c1-3-15-4-7-17(8-5-15)26-25-27-24(30)23(37-25)13-16-6-10-21(22(12-16)35-2)36-20-11-9-18(28(31)32)14-19(20)29(33)34/h4-14,25-26H,3H2,1-2H3,(H,27,30)/b23-13-/t25-/m1/s1. The summed E-state index contributed by atoms with van der Waals surface area (Å²) in [4.78, 5) is 33.9. The Balaban J connectivity index is 1.51. The van der Waals surface area contributed by atoms with Crippen LogP contribution in [0.3, 0.4) is 0 Å². The molecule has 0 spiro atoms. The largest absolute Gasteiger partial charge is 0.493 e. The Morgan fingerprint density at radius 1 is 1.00 bits per heavy atom. The molecule has 4 rings (SSSR count). The van der Waals surface area contributed by atoms with Gasteiger partial charge in [-0.3, -0.25) is 25.0 Å². The van der Waals surface area contributed by atoms with E-state index in [-0.39, 0.29) is 28.7 Å². The van der Waals surface area contributed by atoms with Crippen LogP contribution in [0, 0.1) is 20.2 Å². The zero-order valence-corrected chi connectivity index (χ0v) is 20.6. The Bertz CT molecular complexity index is 1390. The van der Waals surface area contributed by atoms with Crippen molar-refractivity contribution < 1.29 is 24.1 Å². The number of rotatable bonds is 9. The SMILES string of the molecule is CCc1ccc(N[C@@H]2NC(=O)/C(=C/c3ccc(Oc4ccc([N+](=O)[O-])cc4[N+](=O)[O-])c(OC)c3)S2)cc1. The molecule has 11 nitrogen and oxygen atoms in total. The molecule has 0 saturated carbocycles. The van der Waals surface area contributed by atoms with Gasteiger partial charge in [-0.15, -0.1) is 0 Å². The first-order valence-corrected chi connectivity index (χ1v) is 12.0. The lowest BCUT2D eigenvalue weighted by Gasteiger charge is -2.13. The maximum Gasteiger partial charge on any atom is 0.318 e. The average molecular weight is 523 g/mol. The highest BCUT2D eigenvalue weighted by atomic mass is 32.2. The summed E-state index contributed by atoms with van der Waals surface area (Å²) in [5.74, 6) is 0.0244. The highest BCUT2D eigenvalue weighted by Gasteiger charge is 2.27. The van der Waals surface area contributed by atoms with Crippen LogP contribution in [-0.2, 0) is 11.2 Å². The lowest BCUT2D eigenvalue weighted by atomic mass is 10.1. The van der Waals surface area contributed by atoms with Gasteiger partial charge < -0.3 is 20.1 Å². The lowest BCUT2D eigenvalue weighted by molar-refractivity contribution is -0.394. The van der Waals surface area contributed by atoms with E-state index in [1.165, 1.54) is 24.4 Å². The van der Waals surface area contributed by atoms with Crippen LogP contribution in [0.2, 0.25) is 0 Å². The number of aryl methyl sites for hydroxylation is 1. The molecule has 0 bridgehead atoms. The molecular formula is C25H22N4O7S. The number of benzene rings is 3. The van der Waals surface area contributed by atoms with Crippen LogP contribution in [0.4, 0.5) is 17.1 Å². The number of anilines is 1. The van der Waals surface area contributed by atoms with Gasteiger partial charge in [0.05, 0.1) is 27.9 Å². The summed E-state index contributed by atoms with van der Waals surface area (Å²) in [6.07, 6.45) is 2.64. The van der Waals surface area contributed by atoms with E-state index in [0.29, 0.717) is 10.5 Å². The van der Waals surface area contributed by atoms with Crippen molar-refractivity contribution >= 4 is 40.8 Å². The molecule has 1 atom stereocenters. The fraction of sp³-hybridized carbons (Fsp3) is 0.160. The molecule has 1 amide bonds. The van der Waals surface area contributed by atoms with E-state index >= 15 is 0 Å². The molecule has 12 heteroatoms. The molecule has 37 heavy (non-hydrogen) atoms. The number of carbonyl (C=O) groups excluding carboxylic acids is 1. The van der Waals surface area contributed by atoms with Crippen molar-refractivity contribution in [1.29, 1.82) is 0 Å². The van der Waals surface area contributed by atoms with Crippen molar-refractivity contribution in [3.8, 4) is 17.2 Å². The number of thioether (sulfide) groups is 1. The van der Waals surface area contributed by atoms with E-state index in [2.05, 4.69) is 17.6 Å². The summed E-state index contributed by atoms with van der Waals surface area (Å²) in [5, 5.41) is 28.5. The van der Waals surface area contributed by atoms with Crippen LogP contribution in [0.25, 0.3) is 6.08 Å². The van der Waals surface area contributed by atoms with Crippen LogP contribution in [0.15, 0.2) is 65.6 Å². The highest BCUT2D eigenvalue weighted by Crippen LogP contribution is 2.39. The number of non-ortho nitro benzene ring substituents is 1. The van der Waals surface area contributed by atoms with Gasteiger partial charge in [0, 0.05) is 11.8 Å². The molecule has 1 aliphatic heterocycles. The molecule has 1 heterocycles. The first-order chi connectivity index (χ1) is 17.8. The van der Waals surface area contributed by atoms with Gasteiger partial charge in [-0.05, 0) is 54.0 Å². The molecule has 190 valence electrons. The van der Waals surface area contributed by atoms with Crippen molar-refractivity contribution in [1.82, 2.24) is 5.32 Å². The number of carbonyl (C=O) groups is 1. The second-order valence-electron chi connectivity index (χ2n) is 7.85. The predicted octanol–water partition coefficient (Wildman–Crippen LogP) is 5.47. The molecule has 1 aliphatic rings. The number of nitrogens with zero attached hydrogens (tertiary/aromatic N) is 2. The summed E-state index contributed by atoms with van der Waals surface area (Å²) in [5.41, 5.74) is 1.44. The Kier molecular flexibility index (Phi) is 7.58. The van der Waals surface area contributed by atoms with E-state index in [9.17, 15) is 25.0 Å². The topological polar surface area (TPSA) is 146 Å². The first kappa shape index (κ1) is 25.5. The molecule has 2 N–H and O–H groups in total. The lowest BCUT2D eigenvalue weighted by Crippen LogP contribution is -2.30. The monoisotopic (exact) mass is 522 g/mol. The maximum atomic E-state index is 12.5. The minimum Gasteiger partial charge on any atom is -0.493 e. The Labute approximate surface area is 215 Å². The third kappa shape index (κ3) is 5.98. The zero-order chi connectivity index (χ0) is 26.5. The van der Waals surface area contributed by atoms with Crippen LogP contribution < -0.4 is 20.1 Å². The summed E-state index contributed by atoms with van der Waals surface area (Å²) in [7, 11) is 1.41. The van der Waals surface area contributed by atoms with Crippen LogP contribution >= 0.6 is 11.8 Å². The van der Waals surface area contributed by atoms with Crippen LogP contribution in [0.1, 0.15) is 18.1 Å². The molecule has 0 aliphatic carbocycles. The van der Waals surface area contributed by atoms with E-state index in [1.807, 2.05) is 24.3 Å². The van der Waals surface area contributed by atoms with E-state index in [4.69, 9.17) is 9.47 Å². The Morgan fingerprint density at radius 3 is 2.38 bits per heavy atom.